The van der Waals surface area contributed by atoms with E-state index < -0.39 is 0 Å². The van der Waals surface area contributed by atoms with E-state index in [1.807, 2.05) is 0 Å². The Labute approximate surface area is 145 Å². The van der Waals surface area contributed by atoms with Crippen molar-refractivity contribution in [2.24, 2.45) is 5.92 Å². The smallest absolute Gasteiger partial charge is 0.262 e. The zero-order chi connectivity index (χ0) is 17.4. The van der Waals surface area contributed by atoms with E-state index in [1.54, 1.807) is 24.3 Å². The summed E-state index contributed by atoms with van der Waals surface area (Å²) < 4.78 is 7.17. The number of nitrogens with two attached hydrogens (primary N) is 1. The zero-order valence-electron chi connectivity index (χ0n) is 13.5. The SMILES string of the molecule is CC(C)[C@H]1Cc2c(C#N)c(N)n(-c3ccc(Cl)cc3)c(=O)c2CO1. The zero-order valence-corrected chi connectivity index (χ0v) is 14.3. The van der Waals surface area contributed by atoms with E-state index in [1.165, 1.54) is 4.57 Å². The molecule has 1 aliphatic rings. The van der Waals surface area contributed by atoms with Gasteiger partial charge in [-0.3, -0.25) is 9.36 Å². The van der Waals surface area contributed by atoms with Gasteiger partial charge in [0.25, 0.3) is 5.56 Å². The van der Waals surface area contributed by atoms with Gasteiger partial charge in [-0.1, -0.05) is 25.4 Å². The van der Waals surface area contributed by atoms with Gasteiger partial charge in [0.15, 0.2) is 0 Å². The van der Waals surface area contributed by atoms with Crippen molar-refractivity contribution in [2.45, 2.75) is 33.0 Å². The van der Waals surface area contributed by atoms with Crippen LogP contribution in [0.2, 0.25) is 5.02 Å². The number of nitrogen functional groups attached to an aromatic ring is 1. The maximum atomic E-state index is 12.9. The molecule has 124 valence electrons. The largest absolute Gasteiger partial charge is 0.384 e. The molecule has 0 bridgehead atoms. The summed E-state index contributed by atoms with van der Waals surface area (Å²) in [5.74, 6) is 0.456. The first kappa shape index (κ1) is 16.6. The molecular weight excluding hydrogens is 326 g/mol. The number of halogens is 1. The first-order valence-corrected chi connectivity index (χ1v) is 8.15. The molecule has 1 atom stereocenters. The molecule has 0 unspecified atom stereocenters. The lowest BCUT2D eigenvalue weighted by Gasteiger charge is -2.29. The third-order valence-corrected chi connectivity index (χ3v) is 4.66. The molecule has 2 aromatic rings. The molecule has 1 aliphatic heterocycles. The second kappa shape index (κ2) is 6.31. The van der Waals surface area contributed by atoms with E-state index in [4.69, 9.17) is 22.1 Å². The molecule has 0 aliphatic carbocycles. The lowest BCUT2D eigenvalue weighted by molar-refractivity contribution is -0.00117. The lowest BCUT2D eigenvalue weighted by Crippen LogP contribution is -2.36. The highest BCUT2D eigenvalue weighted by atomic mass is 35.5. The van der Waals surface area contributed by atoms with Crippen LogP contribution in [0.5, 0.6) is 0 Å². The summed E-state index contributed by atoms with van der Waals surface area (Å²) in [6.07, 6.45) is 0.506. The van der Waals surface area contributed by atoms with Crippen LogP contribution in [0, 0.1) is 17.2 Å². The molecule has 3 rings (SSSR count). The highest BCUT2D eigenvalue weighted by Crippen LogP contribution is 2.29. The van der Waals surface area contributed by atoms with Crippen LogP contribution in [0.3, 0.4) is 0 Å². The Balaban J connectivity index is 2.23. The molecule has 0 fully saturated rings. The van der Waals surface area contributed by atoms with E-state index in [2.05, 4.69) is 19.9 Å². The summed E-state index contributed by atoms with van der Waals surface area (Å²) >= 11 is 5.91. The number of fused-ring (bicyclic) bond motifs is 1. The van der Waals surface area contributed by atoms with Gasteiger partial charge in [0.1, 0.15) is 11.9 Å². The van der Waals surface area contributed by atoms with Crippen molar-refractivity contribution in [1.29, 1.82) is 5.26 Å². The Hall–Kier alpha value is -2.29. The van der Waals surface area contributed by atoms with Crippen LogP contribution in [0.1, 0.15) is 30.5 Å². The standard InChI is InChI=1S/C18H18ClN3O2/c1-10(2)16-7-13-14(8-20)17(21)22(18(23)15(13)9-24-16)12-5-3-11(19)4-6-12/h3-6,10,16H,7,9,21H2,1-2H3/t16-/m1/s1. The molecule has 6 heteroatoms. The van der Waals surface area contributed by atoms with E-state index >= 15 is 0 Å². The Bertz CT molecular complexity index is 879. The fourth-order valence-electron chi connectivity index (χ4n) is 3.01. The fourth-order valence-corrected chi connectivity index (χ4v) is 3.14. The van der Waals surface area contributed by atoms with Gasteiger partial charge in [-0.25, -0.2) is 0 Å². The highest BCUT2D eigenvalue weighted by Gasteiger charge is 2.29. The van der Waals surface area contributed by atoms with Crippen LogP contribution in [-0.2, 0) is 17.8 Å². The van der Waals surface area contributed by atoms with E-state index in [9.17, 15) is 10.1 Å². The van der Waals surface area contributed by atoms with Crippen molar-refractivity contribution >= 4 is 17.4 Å². The van der Waals surface area contributed by atoms with Gasteiger partial charge in [-0.2, -0.15) is 5.26 Å². The summed E-state index contributed by atoms with van der Waals surface area (Å²) in [6, 6.07) is 8.93. The lowest BCUT2D eigenvalue weighted by atomic mass is 9.91. The molecular formula is C18H18ClN3O2. The number of hydrogen-bond donors (Lipinski definition) is 1. The normalized spacial score (nSPS) is 16.7. The number of pyridine rings is 1. The molecule has 5 nitrogen and oxygen atoms in total. The van der Waals surface area contributed by atoms with Gasteiger partial charge in [0.2, 0.25) is 0 Å². The summed E-state index contributed by atoms with van der Waals surface area (Å²) in [5, 5.41) is 10.2. The monoisotopic (exact) mass is 343 g/mol. The second-order valence-corrected chi connectivity index (χ2v) is 6.68. The first-order chi connectivity index (χ1) is 11.4. The molecule has 0 amide bonds. The Morgan fingerprint density at radius 1 is 1.33 bits per heavy atom. The molecule has 1 aromatic heterocycles. The molecule has 2 heterocycles. The van der Waals surface area contributed by atoms with Crippen LogP contribution in [0.4, 0.5) is 5.82 Å². The second-order valence-electron chi connectivity index (χ2n) is 6.24. The third-order valence-electron chi connectivity index (χ3n) is 4.41. The van der Waals surface area contributed by atoms with Crippen molar-refractivity contribution in [3.05, 3.63) is 56.3 Å². The number of aromatic nitrogens is 1. The van der Waals surface area contributed by atoms with Crippen LogP contribution in [0.25, 0.3) is 5.69 Å². The number of nitrogens with zero attached hydrogens (tertiary/aromatic N) is 2. The quantitative estimate of drug-likeness (QED) is 0.908. The number of nitriles is 1. The fraction of sp³-hybridized carbons (Fsp3) is 0.333. The maximum Gasteiger partial charge on any atom is 0.262 e. The van der Waals surface area contributed by atoms with Crippen molar-refractivity contribution < 1.29 is 4.74 Å². The molecule has 0 saturated heterocycles. The highest BCUT2D eigenvalue weighted by molar-refractivity contribution is 6.30. The molecule has 1 aromatic carbocycles. The average Bonchev–Trinajstić information content (AvgIpc) is 2.56. The van der Waals surface area contributed by atoms with Crippen LogP contribution in [0.15, 0.2) is 29.1 Å². The Morgan fingerprint density at radius 3 is 2.58 bits per heavy atom. The first-order valence-electron chi connectivity index (χ1n) is 7.78. The van der Waals surface area contributed by atoms with Gasteiger partial charge in [-0.05, 0) is 35.7 Å². The summed E-state index contributed by atoms with van der Waals surface area (Å²) in [7, 11) is 0. The summed E-state index contributed by atoms with van der Waals surface area (Å²) in [6.45, 7) is 4.31. The molecule has 24 heavy (non-hydrogen) atoms. The van der Waals surface area contributed by atoms with Gasteiger partial charge in [0, 0.05) is 17.0 Å². The van der Waals surface area contributed by atoms with E-state index in [-0.39, 0.29) is 24.1 Å². The van der Waals surface area contributed by atoms with Crippen molar-refractivity contribution in [3.8, 4) is 11.8 Å². The van der Waals surface area contributed by atoms with Gasteiger partial charge in [-0.15, -0.1) is 0 Å². The topological polar surface area (TPSA) is 81.0 Å². The van der Waals surface area contributed by atoms with E-state index in [0.29, 0.717) is 34.2 Å². The number of hydrogen-bond acceptors (Lipinski definition) is 4. The van der Waals surface area contributed by atoms with Crippen molar-refractivity contribution in [1.82, 2.24) is 4.57 Å². The number of ether oxygens (including phenoxy) is 1. The third kappa shape index (κ3) is 2.68. The minimum atomic E-state index is -0.244. The van der Waals surface area contributed by atoms with Gasteiger partial charge < -0.3 is 10.5 Å². The van der Waals surface area contributed by atoms with Gasteiger partial charge >= 0.3 is 0 Å². The molecule has 0 saturated carbocycles. The predicted molar refractivity (Wildman–Crippen MR) is 93.3 cm³/mol. The average molecular weight is 344 g/mol. The maximum absolute atomic E-state index is 12.9. The van der Waals surface area contributed by atoms with Crippen molar-refractivity contribution in [2.75, 3.05) is 5.73 Å². The summed E-state index contributed by atoms with van der Waals surface area (Å²) in [5.41, 5.74) is 8.09. The van der Waals surface area contributed by atoms with Crippen molar-refractivity contribution in [3.63, 3.8) is 0 Å². The van der Waals surface area contributed by atoms with Gasteiger partial charge in [0.05, 0.1) is 24.0 Å². The number of anilines is 1. The minimum absolute atomic E-state index is 0.0187. The van der Waals surface area contributed by atoms with Crippen LogP contribution in [-0.4, -0.2) is 10.7 Å². The Kier molecular flexibility index (Phi) is 4.35. The van der Waals surface area contributed by atoms with Crippen LogP contribution >= 0.6 is 11.6 Å². The molecule has 0 radical (unpaired) electrons. The molecule has 2 N–H and O–H groups in total. The summed E-state index contributed by atoms with van der Waals surface area (Å²) in [4.78, 5) is 12.9. The Morgan fingerprint density at radius 2 is 2.00 bits per heavy atom. The predicted octanol–water partition coefficient (Wildman–Crippen LogP) is 3.04. The van der Waals surface area contributed by atoms with E-state index in [0.717, 1.165) is 5.56 Å². The molecule has 0 spiro atoms. The minimum Gasteiger partial charge on any atom is -0.384 e. The van der Waals surface area contributed by atoms with Crippen LogP contribution < -0.4 is 11.3 Å². The number of rotatable bonds is 2. The number of benzene rings is 1.